The van der Waals surface area contributed by atoms with E-state index in [2.05, 4.69) is 4.98 Å². The van der Waals surface area contributed by atoms with Crippen molar-refractivity contribution in [2.75, 3.05) is 20.5 Å². The smallest absolute Gasteiger partial charge is 0.344 e. The normalized spacial score (nSPS) is 12.2. The van der Waals surface area contributed by atoms with Gasteiger partial charge in [0.25, 0.3) is 5.56 Å². The molecule has 7 nitrogen and oxygen atoms in total. The van der Waals surface area contributed by atoms with Crippen molar-refractivity contribution in [3.8, 4) is 28.4 Å². The van der Waals surface area contributed by atoms with E-state index in [1.54, 1.807) is 50.4 Å². The Hall–Kier alpha value is -3.48. The van der Waals surface area contributed by atoms with E-state index in [0.29, 0.717) is 39.3 Å². The van der Waals surface area contributed by atoms with Crippen LogP contribution in [0.5, 0.6) is 17.2 Å². The van der Waals surface area contributed by atoms with Gasteiger partial charge < -0.3 is 23.9 Å². The van der Waals surface area contributed by atoms with Crippen LogP contribution >= 0.6 is 0 Å². The van der Waals surface area contributed by atoms with E-state index in [0.717, 1.165) is 0 Å². The average molecular weight is 367 g/mol. The van der Waals surface area contributed by atoms with Gasteiger partial charge >= 0.3 is 5.97 Å². The number of aromatic amines is 1. The number of carbonyl (C=O) groups excluding carboxylic acids is 1. The van der Waals surface area contributed by atoms with Crippen LogP contribution in [0.3, 0.4) is 0 Å². The Morgan fingerprint density at radius 1 is 1.15 bits per heavy atom. The van der Waals surface area contributed by atoms with Crippen LogP contribution < -0.4 is 19.8 Å². The monoisotopic (exact) mass is 367 g/mol. The molecular formula is C20H17NO6. The number of carbonyl (C=O) groups is 1. The lowest BCUT2D eigenvalue weighted by molar-refractivity contribution is 0.0525. The molecule has 0 radical (unpaired) electrons. The Morgan fingerprint density at radius 3 is 2.74 bits per heavy atom. The van der Waals surface area contributed by atoms with Crippen LogP contribution in [0.2, 0.25) is 0 Å². The van der Waals surface area contributed by atoms with Crippen LogP contribution in [0.15, 0.2) is 41.2 Å². The minimum absolute atomic E-state index is 0.0478. The first kappa shape index (κ1) is 17.0. The van der Waals surface area contributed by atoms with Crippen molar-refractivity contribution < 1.29 is 23.7 Å². The van der Waals surface area contributed by atoms with Crippen molar-refractivity contribution in [1.29, 1.82) is 0 Å². The molecule has 4 rings (SSSR count). The number of esters is 1. The second-order valence-electron chi connectivity index (χ2n) is 5.90. The highest BCUT2D eigenvalue weighted by atomic mass is 16.7. The summed E-state index contributed by atoms with van der Waals surface area (Å²) in [7, 11) is 1.55. The van der Waals surface area contributed by atoms with Crippen LogP contribution in [0.4, 0.5) is 0 Å². The lowest BCUT2D eigenvalue weighted by Gasteiger charge is -2.13. The molecule has 0 amide bonds. The van der Waals surface area contributed by atoms with Gasteiger partial charge in [0.15, 0.2) is 11.5 Å². The highest BCUT2D eigenvalue weighted by molar-refractivity contribution is 6.07. The zero-order valence-electron chi connectivity index (χ0n) is 14.8. The average Bonchev–Trinajstić information content (AvgIpc) is 3.14. The number of benzene rings is 2. The zero-order valence-corrected chi connectivity index (χ0v) is 14.8. The number of methoxy groups -OCH3 is 1. The highest BCUT2D eigenvalue weighted by Gasteiger charge is 2.24. The molecule has 7 heteroatoms. The summed E-state index contributed by atoms with van der Waals surface area (Å²) in [5, 5.41) is 0.692. The summed E-state index contributed by atoms with van der Waals surface area (Å²) >= 11 is 0. The quantitative estimate of drug-likeness (QED) is 0.713. The Kier molecular flexibility index (Phi) is 4.19. The summed E-state index contributed by atoms with van der Waals surface area (Å²) in [5.74, 6) is 1.10. The standard InChI is InChI=1S/C20H17NO6/c1-3-25-20(23)18-17(11-4-7-15-16(8-11)27-10-26-15)13-6-5-12(24-2)9-14(13)21-19(18)22/h4-9H,3,10H2,1-2H3,(H,21,22). The third kappa shape index (κ3) is 2.87. The molecule has 1 aromatic heterocycles. The van der Waals surface area contributed by atoms with E-state index in [-0.39, 0.29) is 19.0 Å². The van der Waals surface area contributed by atoms with Gasteiger partial charge in [-0.05, 0) is 36.8 Å². The maximum absolute atomic E-state index is 12.7. The topological polar surface area (TPSA) is 86.8 Å². The second kappa shape index (κ2) is 6.68. The predicted octanol–water partition coefficient (Wildman–Crippen LogP) is 3.11. The predicted molar refractivity (Wildman–Crippen MR) is 98.6 cm³/mol. The van der Waals surface area contributed by atoms with Crippen LogP contribution in [0.25, 0.3) is 22.0 Å². The van der Waals surface area contributed by atoms with Gasteiger partial charge in [-0.3, -0.25) is 4.79 Å². The van der Waals surface area contributed by atoms with Crippen molar-refractivity contribution in [3.63, 3.8) is 0 Å². The number of ether oxygens (including phenoxy) is 4. The molecule has 138 valence electrons. The molecule has 0 saturated carbocycles. The summed E-state index contributed by atoms with van der Waals surface area (Å²) in [5.41, 5.74) is 1.12. The number of hydrogen-bond acceptors (Lipinski definition) is 6. The number of hydrogen-bond donors (Lipinski definition) is 1. The highest BCUT2D eigenvalue weighted by Crippen LogP contribution is 2.39. The molecule has 2 aromatic carbocycles. The van der Waals surface area contributed by atoms with Gasteiger partial charge in [-0.25, -0.2) is 4.79 Å². The fraction of sp³-hybridized carbons (Fsp3) is 0.200. The molecule has 3 aromatic rings. The summed E-state index contributed by atoms with van der Waals surface area (Å²) in [4.78, 5) is 28.0. The van der Waals surface area contributed by atoms with E-state index in [1.807, 2.05) is 0 Å². The Balaban J connectivity index is 2.04. The molecule has 0 aliphatic carbocycles. The number of aromatic nitrogens is 1. The fourth-order valence-corrected chi connectivity index (χ4v) is 3.15. The van der Waals surface area contributed by atoms with Gasteiger partial charge in [0.1, 0.15) is 11.3 Å². The van der Waals surface area contributed by atoms with Gasteiger partial charge in [0.2, 0.25) is 6.79 Å². The number of fused-ring (bicyclic) bond motifs is 2. The van der Waals surface area contributed by atoms with Crippen LogP contribution in [-0.2, 0) is 4.74 Å². The SMILES string of the molecule is CCOC(=O)c1c(-c2ccc3c(c2)OCO3)c2ccc(OC)cc2[nH]c1=O. The molecular weight excluding hydrogens is 350 g/mol. The molecule has 27 heavy (non-hydrogen) atoms. The first-order chi connectivity index (χ1) is 13.1. The minimum atomic E-state index is -0.677. The maximum Gasteiger partial charge on any atom is 0.344 e. The number of rotatable bonds is 4. The lowest BCUT2D eigenvalue weighted by atomic mass is 9.95. The van der Waals surface area contributed by atoms with Crippen molar-refractivity contribution in [3.05, 3.63) is 52.3 Å². The zero-order chi connectivity index (χ0) is 19.0. The molecule has 2 heterocycles. The van der Waals surface area contributed by atoms with Gasteiger partial charge in [-0.1, -0.05) is 6.07 Å². The number of pyridine rings is 1. The van der Waals surface area contributed by atoms with Crippen molar-refractivity contribution in [2.45, 2.75) is 6.92 Å². The molecule has 0 atom stereocenters. The molecule has 0 spiro atoms. The maximum atomic E-state index is 12.7. The van der Waals surface area contributed by atoms with E-state index in [1.165, 1.54) is 0 Å². The summed E-state index contributed by atoms with van der Waals surface area (Å²) in [6, 6.07) is 10.6. The molecule has 0 bridgehead atoms. The van der Waals surface area contributed by atoms with E-state index in [4.69, 9.17) is 18.9 Å². The van der Waals surface area contributed by atoms with Crippen molar-refractivity contribution in [2.24, 2.45) is 0 Å². The molecule has 1 aliphatic rings. The fourth-order valence-electron chi connectivity index (χ4n) is 3.15. The Bertz CT molecular complexity index is 1100. The Labute approximate surface area is 154 Å². The third-order valence-corrected chi connectivity index (χ3v) is 4.36. The molecule has 1 N–H and O–H groups in total. The number of nitrogens with one attached hydrogen (secondary N) is 1. The minimum Gasteiger partial charge on any atom is -0.497 e. The van der Waals surface area contributed by atoms with Gasteiger partial charge in [0, 0.05) is 17.0 Å². The van der Waals surface area contributed by atoms with Gasteiger partial charge in [-0.2, -0.15) is 0 Å². The molecule has 0 fully saturated rings. The van der Waals surface area contributed by atoms with Crippen molar-refractivity contribution in [1.82, 2.24) is 4.98 Å². The van der Waals surface area contributed by atoms with Crippen LogP contribution in [-0.4, -0.2) is 31.5 Å². The van der Waals surface area contributed by atoms with E-state index >= 15 is 0 Å². The summed E-state index contributed by atoms with van der Waals surface area (Å²) in [6.45, 7) is 1.99. The molecule has 1 aliphatic heterocycles. The van der Waals surface area contributed by atoms with E-state index < -0.39 is 11.5 Å². The van der Waals surface area contributed by atoms with Crippen LogP contribution in [0.1, 0.15) is 17.3 Å². The second-order valence-corrected chi connectivity index (χ2v) is 5.90. The first-order valence-corrected chi connectivity index (χ1v) is 8.43. The van der Waals surface area contributed by atoms with Gasteiger partial charge in [-0.15, -0.1) is 0 Å². The number of H-pyrrole nitrogens is 1. The van der Waals surface area contributed by atoms with E-state index in [9.17, 15) is 9.59 Å². The van der Waals surface area contributed by atoms with Gasteiger partial charge in [0.05, 0.1) is 19.2 Å². The summed E-state index contributed by atoms with van der Waals surface area (Å²) < 4.78 is 21.1. The lowest BCUT2D eigenvalue weighted by Crippen LogP contribution is -2.21. The Morgan fingerprint density at radius 2 is 1.96 bits per heavy atom. The first-order valence-electron chi connectivity index (χ1n) is 8.43. The third-order valence-electron chi connectivity index (χ3n) is 4.36. The van der Waals surface area contributed by atoms with Crippen LogP contribution in [0, 0.1) is 0 Å². The summed E-state index contributed by atoms with van der Waals surface area (Å²) in [6.07, 6.45) is 0. The molecule has 0 unspecified atom stereocenters. The van der Waals surface area contributed by atoms with Crippen molar-refractivity contribution >= 4 is 16.9 Å². The largest absolute Gasteiger partial charge is 0.497 e. The molecule has 0 saturated heterocycles.